The number of halogens is 1. The molecule has 3 aromatic carbocycles. The quantitative estimate of drug-likeness (QED) is 0.307. The number of phenols is 1. The Labute approximate surface area is 197 Å². The number of hydrogen-bond donors (Lipinski definition) is 1. The Balaban J connectivity index is 1.80. The number of rotatable bonds is 6. The van der Waals surface area contributed by atoms with Crippen molar-refractivity contribution in [2.45, 2.75) is 6.23 Å². The third kappa shape index (κ3) is 4.23. The summed E-state index contributed by atoms with van der Waals surface area (Å²) < 4.78 is 24.9. The van der Waals surface area contributed by atoms with Crippen LogP contribution in [0.4, 0.5) is 4.39 Å². The molecular weight excluding hydrogens is 435 g/mol. The van der Waals surface area contributed by atoms with E-state index in [-0.39, 0.29) is 11.3 Å². The number of pyridine rings is 1. The summed E-state index contributed by atoms with van der Waals surface area (Å²) in [6.45, 7) is 0. The molecule has 7 heteroatoms. The fourth-order valence-electron chi connectivity index (χ4n) is 4.10. The maximum Gasteiger partial charge on any atom is 0.337 e. The van der Waals surface area contributed by atoms with Crippen LogP contribution in [0.25, 0.3) is 33.2 Å². The van der Waals surface area contributed by atoms with Gasteiger partial charge in [-0.1, -0.05) is 36.4 Å². The highest BCUT2D eigenvalue weighted by Crippen LogP contribution is 2.40. The van der Waals surface area contributed by atoms with E-state index in [1.807, 2.05) is 55.4 Å². The summed E-state index contributed by atoms with van der Waals surface area (Å²) in [4.78, 5) is 18.1. The second-order valence-corrected chi connectivity index (χ2v) is 8.08. The van der Waals surface area contributed by atoms with Crippen LogP contribution in [-0.4, -0.2) is 49.3 Å². The van der Waals surface area contributed by atoms with Gasteiger partial charge in [-0.3, -0.25) is 9.88 Å². The van der Waals surface area contributed by atoms with Gasteiger partial charge in [0.2, 0.25) is 0 Å². The minimum Gasteiger partial charge on any atom is -0.507 e. The number of nitrogens with zero attached hydrogens (tertiary/aromatic N) is 2. The lowest BCUT2D eigenvalue weighted by atomic mass is 9.95. The normalized spacial score (nSPS) is 12.2. The van der Waals surface area contributed by atoms with Crippen molar-refractivity contribution < 1.29 is 23.8 Å². The van der Waals surface area contributed by atoms with Gasteiger partial charge >= 0.3 is 5.97 Å². The van der Waals surface area contributed by atoms with E-state index in [0.717, 1.165) is 17.0 Å². The molecule has 0 aliphatic rings. The second-order valence-electron chi connectivity index (χ2n) is 8.08. The number of aromatic hydroxyl groups is 1. The van der Waals surface area contributed by atoms with E-state index in [1.165, 1.54) is 19.2 Å². The monoisotopic (exact) mass is 460 g/mol. The predicted octanol–water partition coefficient (Wildman–Crippen LogP) is 5.41. The maximum atomic E-state index is 14.7. The van der Waals surface area contributed by atoms with Gasteiger partial charge in [0.25, 0.3) is 0 Å². The lowest BCUT2D eigenvalue weighted by Gasteiger charge is -2.25. The highest BCUT2D eigenvalue weighted by molar-refractivity contribution is 6.00. The molecule has 1 N–H and O–H groups in total. The summed E-state index contributed by atoms with van der Waals surface area (Å²) in [5.74, 6) is -0.978. The molecule has 0 fully saturated rings. The van der Waals surface area contributed by atoms with E-state index in [0.29, 0.717) is 27.8 Å². The Morgan fingerprint density at radius 1 is 1.00 bits per heavy atom. The van der Waals surface area contributed by atoms with Gasteiger partial charge in [0, 0.05) is 40.9 Å². The molecule has 0 saturated heterocycles. The number of fused-ring (bicyclic) bond motifs is 1. The number of hydrogen-bond acceptors (Lipinski definition) is 6. The maximum absolute atomic E-state index is 14.7. The Bertz CT molecular complexity index is 1350. The molecule has 0 aliphatic carbocycles. The number of ether oxygens (including phenoxy) is 2. The van der Waals surface area contributed by atoms with Crippen molar-refractivity contribution in [2.24, 2.45) is 0 Å². The lowest BCUT2D eigenvalue weighted by molar-refractivity contribution is -0.00673. The Morgan fingerprint density at radius 3 is 2.32 bits per heavy atom. The van der Waals surface area contributed by atoms with Gasteiger partial charge < -0.3 is 14.6 Å². The number of carbonyl (C=O) groups excluding carboxylic acids is 1. The molecule has 0 amide bonds. The standard InChI is InChI=1S/C27H25FN2O4/c1-30(2)26(33-3)22-14-21(19-7-5-6-8-20(19)25(22)31)24-12-10-17(15-29-24)18-11-9-16(13-23(18)28)27(32)34-4/h5-15,26,31H,1-4H3. The molecule has 34 heavy (non-hydrogen) atoms. The van der Waals surface area contributed by atoms with Gasteiger partial charge in [-0.05, 0) is 43.7 Å². The molecule has 6 nitrogen and oxygen atoms in total. The minimum absolute atomic E-state index is 0.144. The van der Waals surface area contributed by atoms with Crippen molar-refractivity contribution in [3.8, 4) is 28.1 Å². The van der Waals surface area contributed by atoms with Crippen LogP contribution in [0.2, 0.25) is 0 Å². The average Bonchev–Trinajstić information content (AvgIpc) is 2.85. The first-order chi connectivity index (χ1) is 16.3. The van der Waals surface area contributed by atoms with E-state index in [2.05, 4.69) is 9.72 Å². The summed E-state index contributed by atoms with van der Waals surface area (Å²) >= 11 is 0. The number of aromatic nitrogens is 1. The van der Waals surface area contributed by atoms with Crippen molar-refractivity contribution in [3.05, 3.63) is 83.8 Å². The van der Waals surface area contributed by atoms with Crippen LogP contribution in [-0.2, 0) is 9.47 Å². The molecule has 1 aromatic heterocycles. The van der Waals surface area contributed by atoms with Gasteiger partial charge in [0.15, 0.2) is 0 Å². The molecule has 4 aromatic rings. The Morgan fingerprint density at radius 2 is 1.74 bits per heavy atom. The van der Waals surface area contributed by atoms with E-state index in [9.17, 15) is 14.3 Å². The van der Waals surface area contributed by atoms with E-state index < -0.39 is 18.0 Å². The van der Waals surface area contributed by atoms with Crippen molar-refractivity contribution in [1.82, 2.24) is 9.88 Å². The second kappa shape index (κ2) is 9.59. The molecule has 0 radical (unpaired) electrons. The lowest BCUT2D eigenvalue weighted by Crippen LogP contribution is -2.21. The number of phenolic OH excluding ortho intramolecular Hbond substituents is 1. The van der Waals surface area contributed by atoms with Crippen LogP contribution >= 0.6 is 0 Å². The topological polar surface area (TPSA) is 71.9 Å². The molecule has 0 saturated carbocycles. The van der Waals surface area contributed by atoms with Crippen LogP contribution in [0.3, 0.4) is 0 Å². The zero-order chi connectivity index (χ0) is 24.4. The smallest absolute Gasteiger partial charge is 0.337 e. The van der Waals surface area contributed by atoms with Gasteiger partial charge in [0.05, 0.1) is 18.4 Å². The number of benzene rings is 3. The van der Waals surface area contributed by atoms with Crippen LogP contribution in [0.15, 0.2) is 66.9 Å². The van der Waals surface area contributed by atoms with Crippen LogP contribution in [0, 0.1) is 5.82 Å². The molecule has 4 rings (SSSR count). The Hall–Kier alpha value is -3.81. The number of methoxy groups -OCH3 is 2. The summed E-state index contributed by atoms with van der Waals surface area (Å²) in [5.41, 5.74) is 3.15. The summed E-state index contributed by atoms with van der Waals surface area (Å²) in [5, 5.41) is 12.5. The van der Waals surface area contributed by atoms with Crippen molar-refractivity contribution >= 4 is 16.7 Å². The average molecular weight is 461 g/mol. The van der Waals surface area contributed by atoms with Crippen LogP contribution < -0.4 is 0 Å². The van der Waals surface area contributed by atoms with Crippen molar-refractivity contribution in [3.63, 3.8) is 0 Å². The highest BCUT2D eigenvalue weighted by Gasteiger charge is 2.22. The molecule has 1 heterocycles. The van der Waals surface area contributed by atoms with Crippen molar-refractivity contribution in [1.29, 1.82) is 0 Å². The number of carbonyl (C=O) groups is 1. The third-order valence-electron chi connectivity index (χ3n) is 5.74. The van der Waals surface area contributed by atoms with Crippen LogP contribution in [0.5, 0.6) is 5.75 Å². The highest BCUT2D eigenvalue weighted by atomic mass is 19.1. The molecular formula is C27H25FN2O4. The number of esters is 1. The molecule has 174 valence electrons. The summed E-state index contributed by atoms with van der Waals surface area (Å²) in [6.07, 6.45) is 1.14. The summed E-state index contributed by atoms with van der Waals surface area (Å²) in [6, 6.07) is 17.2. The molecule has 1 unspecified atom stereocenters. The summed E-state index contributed by atoms with van der Waals surface area (Å²) in [7, 11) is 6.58. The predicted molar refractivity (Wildman–Crippen MR) is 129 cm³/mol. The zero-order valence-electron chi connectivity index (χ0n) is 19.4. The largest absolute Gasteiger partial charge is 0.507 e. The van der Waals surface area contributed by atoms with Gasteiger partial charge in [-0.25, -0.2) is 9.18 Å². The SMILES string of the molecule is COC(=O)c1ccc(-c2ccc(-c3cc(C(OC)N(C)C)c(O)c4ccccc34)nc2)c(F)c1. The Kier molecular flexibility index (Phi) is 6.58. The fraction of sp³-hybridized carbons (Fsp3) is 0.185. The first kappa shape index (κ1) is 23.4. The third-order valence-corrected chi connectivity index (χ3v) is 5.74. The molecule has 0 bridgehead atoms. The molecule has 1 atom stereocenters. The van der Waals surface area contributed by atoms with Crippen LogP contribution in [0.1, 0.15) is 22.1 Å². The molecule has 0 spiro atoms. The fourth-order valence-corrected chi connectivity index (χ4v) is 4.10. The first-order valence-corrected chi connectivity index (χ1v) is 10.6. The van der Waals surface area contributed by atoms with E-state index in [1.54, 1.807) is 19.4 Å². The first-order valence-electron chi connectivity index (χ1n) is 10.6. The van der Waals surface area contributed by atoms with Gasteiger partial charge in [0.1, 0.15) is 17.8 Å². The van der Waals surface area contributed by atoms with E-state index in [4.69, 9.17) is 4.74 Å². The molecule has 0 aliphatic heterocycles. The van der Waals surface area contributed by atoms with E-state index >= 15 is 0 Å². The zero-order valence-corrected chi connectivity index (χ0v) is 19.4. The van der Waals surface area contributed by atoms with Gasteiger partial charge in [-0.2, -0.15) is 0 Å². The van der Waals surface area contributed by atoms with Crippen molar-refractivity contribution in [2.75, 3.05) is 28.3 Å². The minimum atomic E-state index is -0.596. The van der Waals surface area contributed by atoms with Gasteiger partial charge in [-0.15, -0.1) is 0 Å².